The van der Waals surface area contributed by atoms with E-state index in [1.54, 1.807) is 32.2 Å². The summed E-state index contributed by atoms with van der Waals surface area (Å²) in [5, 5.41) is 16.0. The Morgan fingerprint density at radius 3 is 2.56 bits per heavy atom. The van der Waals surface area contributed by atoms with Gasteiger partial charge in [-0.25, -0.2) is 13.5 Å². The lowest BCUT2D eigenvalue weighted by atomic mass is 10.2. The molecule has 1 saturated heterocycles. The van der Waals surface area contributed by atoms with Gasteiger partial charge in [-0.15, -0.1) is 5.10 Å². The molecule has 0 aliphatic carbocycles. The second kappa shape index (κ2) is 9.75. The molecule has 32 heavy (non-hydrogen) atoms. The van der Waals surface area contributed by atoms with Gasteiger partial charge < -0.3 is 10.0 Å². The minimum absolute atomic E-state index is 0.113. The number of hydrogen-bond donors (Lipinski definition) is 2. The molecular weight excluding hydrogens is 451 g/mol. The fourth-order valence-electron chi connectivity index (χ4n) is 3.16. The number of aliphatic hydroxyl groups excluding tert-OH is 1. The largest absolute Gasteiger partial charge is 0.456 e. The van der Waals surface area contributed by atoms with Crippen molar-refractivity contribution >= 4 is 23.4 Å². The van der Waals surface area contributed by atoms with Gasteiger partial charge in [-0.1, -0.05) is 0 Å². The number of piperazine rings is 1. The molecule has 0 aromatic carbocycles. The molecule has 3 aromatic rings. The van der Waals surface area contributed by atoms with E-state index < -0.39 is 5.51 Å². The molecular formula is C18H22F3N7O3S. The van der Waals surface area contributed by atoms with Crippen LogP contribution in [0.5, 0.6) is 0 Å². The van der Waals surface area contributed by atoms with E-state index in [4.69, 9.17) is 5.11 Å². The first-order valence-corrected chi connectivity index (χ1v) is 10.5. The summed E-state index contributed by atoms with van der Waals surface area (Å²) >= 11 is -0.171. The fraction of sp³-hybridized carbons (Fsp3) is 0.444. The number of carbonyl (C=O) groups excluding carboxylic acids is 1. The van der Waals surface area contributed by atoms with Gasteiger partial charge in [-0.2, -0.15) is 18.3 Å². The summed E-state index contributed by atoms with van der Waals surface area (Å²) in [4.78, 5) is 29.1. The van der Waals surface area contributed by atoms with Crippen molar-refractivity contribution in [2.45, 2.75) is 19.4 Å². The lowest BCUT2D eigenvalue weighted by Gasteiger charge is -2.33. The predicted molar refractivity (Wildman–Crippen MR) is 112 cm³/mol. The molecule has 3 aromatic heterocycles. The average molecular weight is 473 g/mol. The van der Waals surface area contributed by atoms with Crippen LogP contribution < -0.4 is 5.56 Å². The van der Waals surface area contributed by atoms with E-state index in [2.05, 4.69) is 15.2 Å². The number of halogens is 3. The van der Waals surface area contributed by atoms with Crippen LogP contribution in [-0.4, -0.2) is 82.9 Å². The van der Waals surface area contributed by atoms with Gasteiger partial charge in [0, 0.05) is 50.9 Å². The predicted octanol–water partition coefficient (Wildman–Crippen LogP) is 1.44. The van der Waals surface area contributed by atoms with Crippen molar-refractivity contribution < 1.29 is 23.1 Å². The molecule has 174 valence electrons. The highest BCUT2D eigenvalue weighted by molar-refractivity contribution is 7.97. The Hall–Kier alpha value is -2.84. The smallest absolute Gasteiger partial charge is 0.397 e. The SMILES string of the molecule is CCO.Cc1c(C(=O)N2CCN(SC(F)(F)F)CC2)cnn1-c1nn2cccc2c(=O)[nH]1. The Bertz CT molecular complexity index is 1130. The van der Waals surface area contributed by atoms with Crippen molar-refractivity contribution in [2.75, 3.05) is 32.8 Å². The Morgan fingerprint density at radius 1 is 1.28 bits per heavy atom. The molecule has 0 spiro atoms. The number of amides is 1. The highest BCUT2D eigenvalue weighted by atomic mass is 32.2. The first-order chi connectivity index (χ1) is 15.1. The van der Waals surface area contributed by atoms with Crippen LogP contribution in [0.1, 0.15) is 23.0 Å². The van der Waals surface area contributed by atoms with Crippen molar-refractivity contribution in [3.8, 4) is 5.95 Å². The third-order valence-corrected chi connectivity index (χ3v) is 5.42. The normalized spacial score (nSPS) is 15.0. The third-order valence-electron chi connectivity index (χ3n) is 4.59. The van der Waals surface area contributed by atoms with E-state index >= 15 is 0 Å². The molecule has 0 saturated carbocycles. The second-order valence-corrected chi connectivity index (χ2v) is 7.91. The Balaban J connectivity index is 0.000000913. The van der Waals surface area contributed by atoms with Crippen LogP contribution in [0.2, 0.25) is 0 Å². The highest BCUT2D eigenvalue weighted by Crippen LogP contribution is 2.33. The van der Waals surface area contributed by atoms with Crippen LogP contribution in [0.3, 0.4) is 0 Å². The van der Waals surface area contributed by atoms with Crippen LogP contribution in [0.4, 0.5) is 13.2 Å². The molecule has 4 heterocycles. The Morgan fingerprint density at radius 2 is 1.94 bits per heavy atom. The van der Waals surface area contributed by atoms with Gasteiger partial charge >= 0.3 is 5.51 Å². The zero-order valence-corrected chi connectivity index (χ0v) is 18.2. The van der Waals surface area contributed by atoms with Crippen LogP contribution in [0.15, 0.2) is 29.3 Å². The minimum atomic E-state index is -4.34. The van der Waals surface area contributed by atoms with E-state index in [9.17, 15) is 22.8 Å². The van der Waals surface area contributed by atoms with Crippen molar-refractivity contribution in [2.24, 2.45) is 0 Å². The van der Waals surface area contributed by atoms with E-state index in [1.165, 1.54) is 24.6 Å². The molecule has 2 N–H and O–H groups in total. The number of aromatic nitrogens is 5. The summed E-state index contributed by atoms with van der Waals surface area (Å²) in [6.45, 7) is 4.17. The monoisotopic (exact) mass is 473 g/mol. The lowest BCUT2D eigenvalue weighted by Crippen LogP contribution is -2.47. The number of carbonyl (C=O) groups is 1. The standard InChI is InChI=1S/C16H16F3N7O2S.C2H6O/c1-10-11(14(28)23-5-7-24(8-6-23)29-16(17,18)19)9-20-26(10)15-21-13(27)12-3-2-4-25(12)22-15;1-2-3/h2-4,9H,5-8H2,1H3,(H,21,22,27);3H,2H2,1H3. The first-order valence-electron chi connectivity index (χ1n) is 9.68. The number of aromatic amines is 1. The number of H-pyrrole nitrogens is 1. The number of nitrogens with one attached hydrogen (secondary N) is 1. The molecule has 0 atom stereocenters. The Labute approximate surface area is 184 Å². The summed E-state index contributed by atoms with van der Waals surface area (Å²) in [5.74, 6) is -0.170. The Kier molecular flexibility index (Phi) is 7.26. The molecule has 14 heteroatoms. The summed E-state index contributed by atoms with van der Waals surface area (Å²) < 4.78 is 41.4. The first kappa shape index (κ1) is 23.8. The molecule has 4 rings (SSSR count). The quantitative estimate of drug-likeness (QED) is 0.554. The van der Waals surface area contributed by atoms with Crippen LogP contribution in [-0.2, 0) is 0 Å². The number of rotatable bonds is 3. The van der Waals surface area contributed by atoms with Gasteiger partial charge in [0.1, 0.15) is 5.52 Å². The van der Waals surface area contributed by atoms with Gasteiger partial charge in [-0.3, -0.25) is 14.6 Å². The topological polar surface area (TPSA) is 112 Å². The summed E-state index contributed by atoms with van der Waals surface area (Å²) in [7, 11) is 0. The molecule has 0 radical (unpaired) electrons. The summed E-state index contributed by atoms with van der Waals surface area (Å²) in [5.41, 5.74) is -3.53. The fourth-order valence-corrected chi connectivity index (χ4v) is 3.80. The van der Waals surface area contributed by atoms with Crippen molar-refractivity contribution in [1.82, 2.24) is 33.6 Å². The van der Waals surface area contributed by atoms with Gasteiger partial charge in [0.05, 0.1) is 17.5 Å². The molecule has 1 amide bonds. The van der Waals surface area contributed by atoms with E-state index in [0.717, 1.165) is 0 Å². The molecule has 0 bridgehead atoms. The number of alkyl halides is 3. The number of nitrogens with zero attached hydrogens (tertiary/aromatic N) is 6. The van der Waals surface area contributed by atoms with Gasteiger partial charge in [0.2, 0.25) is 5.95 Å². The average Bonchev–Trinajstić information content (AvgIpc) is 3.34. The van der Waals surface area contributed by atoms with E-state index in [1.807, 2.05) is 0 Å². The zero-order valence-electron chi connectivity index (χ0n) is 17.3. The van der Waals surface area contributed by atoms with Crippen molar-refractivity contribution in [1.29, 1.82) is 0 Å². The molecule has 0 unspecified atom stereocenters. The third kappa shape index (κ3) is 5.31. The van der Waals surface area contributed by atoms with Crippen LogP contribution in [0.25, 0.3) is 11.5 Å². The minimum Gasteiger partial charge on any atom is -0.397 e. The van der Waals surface area contributed by atoms with Gasteiger partial charge in [-0.05, 0) is 26.0 Å². The number of aliphatic hydroxyl groups is 1. The van der Waals surface area contributed by atoms with Crippen molar-refractivity contribution in [3.63, 3.8) is 0 Å². The van der Waals surface area contributed by atoms with Gasteiger partial charge in [0.25, 0.3) is 11.5 Å². The van der Waals surface area contributed by atoms with E-state index in [0.29, 0.717) is 16.8 Å². The van der Waals surface area contributed by atoms with E-state index in [-0.39, 0.29) is 62.1 Å². The summed E-state index contributed by atoms with van der Waals surface area (Å²) in [6.07, 6.45) is 2.99. The molecule has 1 aliphatic rings. The summed E-state index contributed by atoms with van der Waals surface area (Å²) in [6, 6.07) is 3.31. The molecule has 10 nitrogen and oxygen atoms in total. The molecule has 1 aliphatic heterocycles. The molecule has 1 fully saturated rings. The second-order valence-electron chi connectivity index (χ2n) is 6.75. The zero-order chi connectivity index (χ0) is 23.5. The maximum atomic E-state index is 12.8. The lowest BCUT2D eigenvalue weighted by molar-refractivity contribution is -0.0368. The van der Waals surface area contributed by atoms with Crippen molar-refractivity contribution in [3.05, 3.63) is 46.1 Å². The van der Waals surface area contributed by atoms with Gasteiger partial charge in [0.15, 0.2) is 0 Å². The number of hydrogen-bond acceptors (Lipinski definition) is 7. The van der Waals surface area contributed by atoms with Crippen LogP contribution >= 0.6 is 11.9 Å². The maximum Gasteiger partial charge on any atom is 0.456 e. The maximum absolute atomic E-state index is 12.8. The highest BCUT2D eigenvalue weighted by Gasteiger charge is 2.35. The van der Waals surface area contributed by atoms with Crippen LogP contribution in [0, 0.1) is 6.92 Å². The number of fused-ring (bicyclic) bond motifs is 1.